The average Bonchev–Trinajstić information content (AvgIpc) is 3.75. The van der Waals surface area contributed by atoms with Crippen molar-refractivity contribution in [2.45, 2.75) is 51.4 Å². The van der Waals surface area contributed by atoms with Crippen LogP contribution in [0.5, 0.6) is 11.5 Å². The molecule has 0 N–H and O–H groups in total. The van der Waals surface area contributed by atoms with Crippen molar-refractivity contribution in [1.82, 2.24) is 0 Å². The molecule has 3 nitrogen and oxygen atoms in total. The SMILES string of the molecule is COc1c2c(c(OC)c3cc4ccccc4cc13)[C@@H]1C[C@H]2[C@@H]2[C@H]1[C@@]1(C)[C@H]3C[C@H]([C@H]4[C@@H]3[C@H]3CC[C@@H]4C3=O)[C@@]21C. The van der Waals surface area contributed by atoms with Crippen molar-refractivity contribution in [3.8, 4) is 11.5 Å². The van der Waals surface area contributed by atoms with E-state index in [0.717, 1.165) is 23.3 Å². The number of methoxy groups -OCH3 is 2. The number of carbonyl (C=O) groups excluding carboxylic acids is 1. The van der Waals surface area contributed by atoms with Gasteiger partial charge in [-0.1, -0.05) is 38.1 Å². The highest BCUT2D eigenvalue weighted by molar-refractivity contribution is 6.05. The molecule has 3 aromatic rings. The van der Waals surface area contributed by atoms with Crippen LogP contribution in [-0.4, -0.2) is 20.0 Å². The highest BCUT2D eigenvalue weighted by Crippen LogP contribution is 2.92. The zero-order valence-electron chi connectivity index (χ0n) is 22.8. The van der Waals surface area contributed by atoms with Crippen LogP contribution in [0, 0.1) is 58.2 Å². The van der Waals surface area contributed by atoms with Crippen LogP contribution >= 0.6 is 0 Å². The number of rotatable bonds is 2. The van der Waals surface area contributed by atoms with E-state index in [1.807, 2.05) is 14.2 Å². The molecule has 38 heavy (non-hydrogen) atoms. The van der Waals surface area contributed by atoms with E-state index in [9.17, 15) is 4.79 Å². The Morgan fingerprint density at radius 1 is 0.711 bits per heavy atom. The quantitative estimate of drug-likeness (QED) is 0.208. The number of fused-ring (bicyclic) bond motifs is 24. The Morgan fingerprint density at radius 2 is 1.18 bits per heavy atom. The van der Waals surface area contributed by atoms with Gasteiger partial charge in [0, 0.05) is 33.7 Å². The fraction of sp³-hybridized carbons (Fsp3) is 0.571. The second kappa shape index (κ2) is 6.26. The van der Waals surface area contributed by atoms with E-state index >= 15 is 0 Å². The molecule has 0 heterocycles. The zero-order chi connectivity index (χ0) is 25.5. The lowest BCUT2D eigenvalue weighted by molar-refractivity contribution is -0.249. The molecule has 10 rings (SSSR count). The Labute approximate surface area is 224 Å². The zero-order valence-corrected chi connectivity index (χ0v) is 22.8. The molecule has 6 fully saturated rings. The lowest BCUT2D eigenvalue weighted by atomic mass is 9.30. The average molecular weight is 505 g/mol. The molecule has 12 atom stereocenters. The highest BCUT2D eigenvalue weighted by Gasteiger charge is 2.87. The fourth-order valence-electron chi connectivity index (χ4n) is 13.7. The van der Waals surface area contributed by atoms with Crippen molar-refractivity contribution in [2.75, 3.05) is 14.2 Å². The highest BCUT2D eigenvalue weighted by atomic mass is 16.5. The van der Waals surface area contributed by atoms with Crippen molar-refractivity contribution in [1.29, 1.82) is 0 Å². The number of Topliss-reactive ketones (excluding diaryl/α,β-unsaturated/α-hetero) is 1. The fourth-order valence-corrected chi connectivity index (χ4v) is 13.7. The molecule has 0 amide bonds. The minimum Gasteiger partial charge on any atom is -0.496 e. The number of carbonyl (C=O) groups is 1. The Balaban J connectivity index is 1.20. The third kappa shape index (κ3) is 1.84. The van der Waals surface area contributed by atoms with E-state index < -0.39 is 0 Å². The van der Waals surface area contributed by atoms with E-state index in [2.05, 4.69) is 50.2 Å². The monoisotopic (exact) mass is 504 g/mol. The molecular formula is C35H36O3. The molecule has 6 saturated carbocycles. The molecule has 6 bridgehead atoms. The van der Waals surface area contributed by atoms with Gasteiger partial charge < -0.3 is 9.47 Å². The molecule has 0 unspecified atom stereocenters. The summed E-state index contributed by atoms with van der Waals surface area (Å²) in [6, 6.07) is 13.3. The van der Waals surface area contributed by atoms with Crippen LogP contribution in [0.15, 0.2) is 36.4 Å². The van der Waals surface area contributed by atoms with Crippen LogP contribution in [0.25, 0.3) is 21.5 Å². The van der Waals surface area contributed by atoms with Gasteiger partial charge in [-0.25, -0.2) is 0 Å². The van der Waals surface area contributed by atoms with Gasteiger partial charge in [0.1, 0.15) is 17.3 Å². The molecule has 0 saturated heterocycles. The Morgan fingerprint density at radius 3 is 1.63 bits per heavy atom. The minimum absolute atomic E-state index is 0.349. The van der Waals surface area contributed by atoms with Gasteiger partial charge in [-0.2, -0.15) is 0 Å². The third-order valence-corrected chi connectivity index (χ3v) is 14.5. The predicted molar refractivity (Wildman–Crippen MR) is 148 cm³/mol. The summed E-state index contributed by atoms with van der Waals surface area (Å²) in [5.74, 6) is 8.99. The molecular weight excluding hydrogens is 468 g/mol. The smallest absolute Gasteiger partial charge is 0.139 e. The van der Waals surface area contributed by atoms with Gasteiger partial charge in [0.15, 0.2) is 0 Å². The standard InChI is InChI=1S/C35H36O3/c1-34-23-14-24(26-18-10-9-17(25(23)26)31(18)36)35(34,2)30-22-13-21(29(30)34)27-28(22)33(38-4)20-12-16-8-6-5-7-15(16)11-19(20)32(27)37-3/h5-8,11-12,17-18,21-26,29-30H,9-10,13-14H2,1-4H3/t17-,18+,21+,22-,23+,24-,25-,26+,29+,30-,34-,35+. The van der Waals surface area contributed by atoms with Gasteiger partial charge in [-0.05, 0) is 107 Å². The number of hydrogen-bond acceptors (Lipinski definition) is 3. The molecule has 0 aromatic heterocycles. The Kier molecular flexibility index (Phi) is 3.51. The normalized spacial score (nSPS) is 47.8. The van der Waals surface area contributed by atoms with Crippen LogP contribution in [-0.2, 0) is 4.79 Å². The Bertz CT molecular complexity index is 1520. The summed E-state index contributed by atoms with van der Waals surface area (Å²) in [7, 11) is 3.74. The number of hydrogen-bond donors (Lipinski definition) is 0. The van der Waals surface area contributed by atoms with Gasteiger partial charge in [-0.15, -0.1) is 0 Å². The lowest BCUT2D eigenvalue weighted by Crippen LogP contribution is -2.69. The molecule has 3 aromatic carbocycles. The number of ketones is 1. The van der Waals surface area contributed by atoms with Crippen molar-refractivity contribution in [3.05, 3.63) is 47.5 Å². The molecule has 0 aliphatic heterocycles. The molecule has 0 spiro atoms. The van der Waals surface area contributed by atoms with E-state index in [1.54, 1.807) is 0 Å². The molecule has 7 aliphatic carbocycles. The minimum atomic E-state index is 0.349. The van der Waals surface area contributed by atoms with Gasteiger partial charge >= 0.3 is 0 Å². The maximum absolute atomic E-state index is 13.3. The van der Waals surface area contributed by atoms with Crippen molar-refractivity contribution >= 4 is 27.3 Å². The third-order valence-electron chi connectivity index (χ3n) is 14.5. The summed E-state index contributed by atoms with van der Waals surface area (Å²) >= 11 is 0. The molecule has 3 heteroatoms. The summed E-state index contributed by atoms with van der Waals surface area (Å²) in [6.07, 6.45) is 4.98. The second-order valence-corrected chi connectivity index (χ2v) is 14.5. The van der Waals surface area contributed by atoms with Crippen molar-refractivity contribution in [2.24, 2.45) is 58.2 Å². The van der Waals surface area contributed by atoms with Gasteiger partial charge in [0.25, 0.3) is 0 Å². The molecule has 7 aliphatic rings. The van der Waals surface area contributed by atoms with Crippen LogP contribution in [0.4, 0.5) is 0 Å². The van der Waals surface area contributed by atoms with Gasteiger partial charge in [-0.3, -0.25) is 4.79 Å². The number of ether oxygens (including phenoxy) is 2. The topological polar surface area (TPSA) is 35.5 Å². The summed E-state index contributed by atoms with van der Waals surface area (Å²) in [5.41, 5.74) is 3.62. The Hall–Kier alpha value is -2.55. The van der Waals surface area contributed by atoms with Gasteiger partial charge in [0.05, 0.1) is 14.2 Å². The van der Waals surface area contributed by atoms with E-state index in [0.29, 0.717) is 64.0 Å². The maximum atomic E-state index is 13.3. The molecule has 0 radical (unpaired) electrons. The number of benzene rings is 3. The van der Waals surface area contributed by atoms with Crippen LogP contribution < -0.4 is 9.47 Å². The van der Waals surface area contributed by atoms with Crippen molar-refractivity contribution < 1.29 is 14.3 Å². The van der Waals surface area contributed by atoms with E-state index in [4.69, 9.17) is 9.47 Å². The first-order valence-electron chi connectivity index (χ1n) is 15.1. The summed E-state index contributed by atoms with van der Waals surface area (Å²) in [5, 5.41) is 4.91. The van der Waals surface area contributed by atoms with Crippen LogP contribution in [0.2, 0.25) is 0 Å². The largest absolute Gasteiger partial charge is 0.496 e. The molecule has 194 valence electrons. The summed E-state index contributed by atoms with van der Waals surface area (Å²) in [6.45, 7) is 5.34. The van der Waals surface area contributed by atoms with Crippen molar-refractivity contribution in [3.63, 3.8) is 0 Å². The van der Waals surface area contributed by atoms with Gasteiger partial charge in [0.2, 0.25) is 0 Å². The predicted octanol–water partition coefficient (Wildman–Crippen LogP) is 7.34. The first kappa shape index (κ1) is 21.3. The van der Waals surface area contributed by atoms with Crippen LogP contribution in [0.1, 0.15) is 62.5 Å². The first-order chi connectivity index (χ1) is 18.4. The second-order valence-electron chi connectivity index (χ2n) is 14.5. The summed E-state index contributed by atoms with van der Waals surface area (Å²) < 4.78 is 12.7. The summed E-state index contributed by atoms with van der Waals surface area (Å²) in [4.78, 5) is 13.3. The van der Waals surface area contributed by atoms with E-state index in [1.165, 1.54) is 58.4 Å². The van der Waals surface area contributed by atoms with Crippen LogP contribution in [0.3, 0.4) is 0 Å². The maximum Gasteiger partial charge on any atom is 0.139 e. The van der Waals surface area contributed by atoms with E-state index in [-0.39, 0.29) is 0 Å². The lowest BCUT2D eigenvalue weighted by Gasteiger charge is -2.73. The first-order valence-corrected chi connectivity index (χ1v) is 15.1.